The Hall–Kier alpha value is -1.81. The molecule has 0 fully saturated rings. The summed E-state index contributed by atoms with van der Waals surface area (Å²) in [6, 6.07) is 14.2. The molecule has 122 valence electrons. The largest absolute Gasteiger partial charge is 0.416 e. The molecule has 0 aromatic heterocycles. The Morgan fingerprint density at radius 1 is 0.913 bits per heavy atom. The molecule has 0 N–H and O–H groups in total. The maximum absolute atomic E-state index is 13.0. The van der Waals surface area contributed by atoms with Gasteiger partial charge >= 0.3 is 6.18 Å². The number of fused-ring (bicyclic) bond motifs is 1. The van der Waals surface area contributed by atoms with Gasteiger partial charge in [0.15, 0.2) is 0 Å². The number of alkyl halides is 3. The summed E-state index contributed by atoms with van der Waals surface area (Å²) in [4.78, 5) is 2.18. The Bertz CT molecular complexity index is 691. The van der Waals surface area contributed by atoms with Crippen LogP contribution in [-0.2, 0) is 6.18 Å². The smallest absolute Gasteiger partial charge is 0.302 e. The van der Waals surface area contributed by atoms with E-state index >= 15 is 0 Å². The third kappa shape index (κ3) is 3.13. The first-order chi connectivity index (χ1) is 10.9. The highest BCUT2D eigenvalue weighted by Crippen LogP contribution is 2.43. The highest BCUT2D eigenvalue weighted by molar-refractivity contribution is 5.43. The maximum atomic E-state index is 13.0. The molecule has 2 unspecified atom stereocenters. The summed E-state index contributed by atoms with van der Waals surface area (Å²) in [7, 11) is 4.10. The number of nitrogens with zero attached hydrogens (tertiary/aromatic N) is 1. The number of benzene rings is 2. The molecule has 1 nitrogen and oxygen atoms in total. The molecule has 0 saturated heterocycles. The van der Waals surface area contributed by atoms with E-state index in [1.165, 1.54) is 17.7 Å². The van der Waals surface area contributed by atoms with Crippen LogP contribution in [0.2, 0.25) is 0 Å². The van der Waals surface area contributed by atoms with E-state index in [-0.39, 0.29) is 5.92 Å². The summed E-state index contributed by atoms with van der Waals surface area (Å²) in [6.45, 7) is 0. The van der Waals surface area contributed by atoms with Crippen molar-refractivity contribution in [2.45, 2.75) is 31.0 Å². The molecule has 3 rings (SSSR count). The van der Waals surface area contributed by atoms with Gasteiger partial charge in [0.05, 0.1) is 5.56 Å². The van der Waals surface area contributed by atoms with Crippen molar-refractivity contribution in [1.29, 1.82) is 0 Å². The van der Waals surface area contributed by atoms with Crippen molar-refractivity contribution in [3.63, 3.8) is 0 Å². The molecule has 0 spiro atoms. The molecule has 0 heterocycles. The highest BCUT2D eigenvalue weighted by Gasteiger charge is 2.33. The van der Waals surface area contributed by atoms with E-state index < -0.39 is 11.7 Å². The second-order valence-electron chi connectivity index (χ2n) is 6.36. The second kappa shape index (κ2) is 6.00. The van der Waals surface area contributed by atoms with Crippen LogP contribution in [0.25, 0.3) is 0 Å². The van der Waals surface area contributed by atoms with Crippen molar-refractivity contribution >= 4 is 0 Å². The zero-order valence-electron chi connectivity index (χ0n) is 13.3. The van der Waals surface area contributed by atoms with Crippen LogP contribution >= 0.6 is 0 Å². The quantitative estimate of drug-likeness (QED) is 0.732. The van der Waals surface area contributed by atoms with E-state index in [1.807, 2.05) is 32.3 Å². The first-order valence-corrected chi connectivity index (χ1v) is 7.80. The van der Waals surface area contributed by atoms with Crippen LogP contribution in [0, 0.1) is 0 Å². The van der Waals surface area contributed by atoms with Crippen LogP contribution in [0.5, 0.6) is 0 Å². The van der Waals surface area contributed by atoms with Crippen molar-refractivity contribution in [2.75, 3.05) is 14.1 Å². The molecule has 23 heavy (non-hydrogen) atoms. The SMILES string of the molecule is CN(C)C1CCC(c2cccc(C(F)(F)F)c2)c2ccccc21. The minimum absolute atomic E-state index is 0.0321. The van der Waals surface area contributed by atoms with Crippen LogP contribution < -0.4 is 0 Å². The Labute approximate surface area is 134 Å². The zero-order valence-corrected chi connectivity index (χ0v) is 13.3. The van der Waals surface area contributed by atoms with Gasteiger partial charge in [-0.3, -0.25) is 0 Å². The molecule has 2 aromatic carbocycles. The van der Waals surface area contributed by atoms with E-state index in [2.05, 4.69) is 17.0 Å². The molecule has 2 aromatic rings. The fourth-order valence-electron chi connectivity index (χ4n) is 3.58. The first-order valence-electron chi connectivity index (χ1n) is 7.80. The third-order valence-electron chi connectivity index (χ3n) is 4.70. The molecular weight excluding hydrogens is 299 g/mol. The van der Waals surface area contributed by atoms with E-state index in [0.29, 0.717) is 6.04 Å². The van der Waals surface area contributed by atoms with Gasteiger partial charge in [0.1, 0.15) is 0 Å². The normalized spacial score (nSPS) is 21.3. The summed E-state index contributed by atoms with van der Waals surface area (Å²) in [5, 5.41) is 0. The van der Waals surface area contributed by atoms with Gasteiger partial charge < -0.3 is 4.90 Å². The van der Waals surface area contributed by atoms with Gasteiger partial charge in [-0.05, 0) is 49.7 Å². The van der Waals surface area contributed by atoms with E-state index in [9.17, 15) is 13.2 Å². The maximum Gasteiger partial charge on any atom is 0.416 e. The van der Waals surface area contributed by atoms with Gasteiger partial charge in [-0.25, -0.2) is 0 Å². The van der Waals surface area contributed by atoms with Crippen molar-refractivity contribution < 1.29 is 13.2 Å². The van der Waals surface area contributed by atoms with Crippen molar-refractivity contribution in [3.8, 4) is 0 Å². The lowest BCUT2D eigenvalue weighted by molar-refractivity contribution is -0.137. The predicted molar refractivity (Wildman–Crippen MR) is 85.4 cm³/mol. The van der Waals surface area contributed by atoms with Crippen LogP contribution in [0.3, 0.4) is 0 Å². The van der Waals surface area contributed by atoms with Gasteiger partial charge in [0.2, 0.25) is 0 Å². The van der Waals surface area contributed by atoms with Crippen molar-refractivity contribution in [3.05, 3.63) is 70.8 Å². The lowest BCUT2D eigenvalue weighted by Gasteiger charge is -2.35. The van der Waals surface area contributed by atoms with Crippen molar-refractivity contribution in [2.24, 2.45) is 0 Å². The standard InChI is InChI=1S/C19H20F3N/c1-23(2)18-11-10-15(16-8-3-4-9-17(16)18)13-6-5-7-14(12-13)19(20,21)22/h3-9,12,15,18H,10-11H2,1-2H3. The Kier molecular flexibility index (Phi) is 4.19. The molecule has 0 amide bonds. The highest BCUT2D eigenvalue weighted by atomic mass is 19.4. The minimum Gasteiger partial charge on any atom is -0.302 e. The van der Waals surface area contributed by atoms with Crippen molar-refractivity contribution in [1.82, 2.24) is 4.90 Å². The Balaban J connectivity index is 2.03. The van der Waals surface area contributed by atoms with E-state index in [1.54, 1.807) is 0 Å². The third-order valence-corrected chi connectivity index (χ3v) is 4.70. The first kappa shape index (κ1) is 16.1. The lowest BCUT2D eigenvalue weighted by Crippen LogP contribution is -2.26. The molecule has 4 heteroatoms. The Morgan fingerprint density at radius 2 is 1.61 bits per heavy atom. The zero-order chi connectivity index (χ0) is 16.6. The fraction of sp³-hybridized carbons (Fsp3) is 0.368. The molecule has 1 aliphatic carbocycles. The molecule has 0 aliphatic heterocycles. The van der Waals surface area contributed by atoms with Gasteiger partial charge in [0, 0.05) is 12.0 Å². The van der Waals surface area contributed by atoms with Gasteiger partial charge in [-0.1, -0.05) is 42.5 Å². The van der Waals surface area contributed by atoms with Gasteiger partial charge in [-0.2, -0.15) is 13.2 Å². The number of hydrogen-bond donors (Lipinski definition) is 0. The van der Waals surface area contributed by atoms with Crippen LogP contribution in [0.1, 0.15) is 47.1 Å². The minimum atomic E-state index is -4.30. The average Bonchev–Trinajstić information content (AvgIpc) is 2.53. The molecule has 2 atom stereocenters. The summed E-state index contributed by atoms with van der Waals surface area (Å²) in [5.41, 5.74) is 2.56. The van der Waals surface area contributed by atoms with Gasteiger partial charge in [0.25, 0.3) is 0 Å². The molecule has 0 saturated carbocycles. The number of hydrogen-bond acceptors (Lipinski definition) is 1. The van der Waals surface area contributed by atoms with E-state index in [4.69, 9.17) is 0 Å². The predicted octanol–water partition coefficient (Wildman–Crippen LogP) is 5.23. The molecule has 0 bridgehead atoms. The number of rotatable bonds is 2. The summed E-state index contributed by atoms with van der Waals surface area (Å²) >= 11 is 0. The topological polar surface area (TPSA) is 3.24 Å². The van der Waals surface area contributed by atoms with Crippen LogP contribution in [0.4, 0.5) is 13.2 Å². The summed E-state index contributed by atoms with van der Waals surface area (Å²) in [6.07, 6.45) is -2.48. The molecular formula is C19H20F3N. The molecule has 0 radical (unpaired) electrons. The summed E-state index contributed by atoms with van der Waals surface area (Å²) in [5.74, 6) is 0.0321. The Morgan fingerprint density at radius 3 is 2.26 bits per heavy atom. The number of halogens is 3. The average molecular weight is 319 g/mol. The fourth-order valence-corrected chi connectivity index (χ4v) is 3.58. The van der Waals surface area contributed by atoms with Gasteiger partial charge in [-0.15, -0.1) is 0 Å². The van der Waals surface area contributed by atoms with Crippen LogP contribution in [0.15, 0.2) is 48.5 Å². The summed E-state index contributed by atoms with van der Waals surface area (Å²) < 4.78 is 39.0. The van der Waals surface area contributed by atoms with E-state index in [0.717, 1.165) is 30.0 Å². The molecule has 1 aliphatic rings. The second-order valence-corrected chi connectivity index (χ2v) is 6.36. The lowest BCUT2D eigenvalue weighted by atomic mass is 9.76. The monoisotopic (exact) mass is 319 g/mol. The van der Waals surface area contributed by atoms with Crippen LogP contribution in [-0.4, -0.2) is 19.0 Å².